The molecule has 2 aromatic carbocycles. The number of halogens is 2. The zero-order valence-corrected chi connectivity index (χ0v) is 17.9. The van der Waals surface area contributed by atoms with Gasteiger partial charge in [-0.2, -0.15) is 0 Å². The molecule has 0 radical (unpaired) electrons. The van der Waals surface area contributed by atoms with Crippen LogP contribution in [-0.2, 0) is 14.8 Å². The van der Waals surface area contributed by atoms with Gasteiger partial charge in [-0.15, -0.1) is 0 Å². The molecule has 0 aliphatic heterocycles. The number of hydrogen-bond acceptors (Lipinski definition) is 5. The van der Waals surface area contributed by atoms with Gasteiger partial charge in [0.2, 0.25) is 15.9 Å². The summed E-state index contributed by atoms with van der Waals surface area (Å²) in [5.41, 5.74) is -0.152. The van der Waals surface area contributed by atoms with E-state index in [-0.39, 0.29) is 12.3 Å². The number of nitrogens with zero attached hydrogens (tertiary/aromatic N) is 1. The fraction of sp³-hybridized carbons (Fsp3) is 0.350. The van der Waals surface area contributed by atoms with Gasteiger partial charge in [-0.25, -0.2) is 17.2 Å². The molecular weight excluding hydrogens is 418 g/mol. The molecule has 1 amide bonds. The van der Waals surface area contributed by atoms with Gasteiger partial charge in [0.15, 0.2) is 11.6 Å². The summed E-state index contributed by atoms with van der Waals surface area (Å²) in [4.78, 5) is 12.6. The second-order valence-electron chi connectivity index (χ2n) is 6.73. The van der Waals surface area contributed by atoms with E-state index in [2.05, 4.69) is 5.32 Å². The van der Waals surface area contributed by atoms with Crippen molar-refractivity contribution in [3.05, 3.63) is 54.1 Å². The Balaban J connectivity index is 2.05. The highest BCUT2D eigenvalue weighted by molar-refractivity contribution is 7.92. The van der Waals surface area contributed by atoms with Crippen LogP contribution in [0.3, 0.4) is 0 Å². The van der Waals surface area contributed by atoms with Gasteiger partial charge in [0, 0.05) is 6.07 Å². The minimum atomic E-state index is -3.95. The van der Waals surface area contributed by atoms with Crippen LogP contribution in [0.5, 0.6) is 11.5 Å². The number of carbonyl (C=O) groups is 1. The Kier molecular flexibility index (Phi) is 7.60. The minimum absolute atomic E-state index is 0.134. The van der Waals surface area contributed by atoms with Gasteiger partial charge in [0.05, 0.1) is 25.1 Å². The monoisotopic (exact) mass is 442 g/mol. The van der Waals surface area contributed by atoms with E-state index in [0.29, 0.717) is 11.5 Å². The zero-order chi connectivity index (χ0) is 22.5. The van der Waals surface area contributed by atoms with Crippen LogP contribution in [0, 0.1) is 11.6 Å². The molecule has 0 unspecified atom stereocenters. The Morgan fingerprint density at radius 1 is 1.07 bits per heavy atom. The van der Waals surface area contributed by atoms with Crippen LogP contribution in [0.25, 0.3) is 0 Å². The largest absolute Gasteiger partial charge is 0.497 e. The SMILES string of the molecule is COc1ccc(OC[C@@H](C)NC(=O)[C@@H](C)N(c2ccc(F)c(F)c2)S(C)(=O)=O)cc1. The molecule has 0 saturated heterocycles. The third-order valence-electron chi connectivity index (χ3n) is 4.19. The molecule has 7 nitrogen and oxygen atoms in total. The first-order chi connectivity index (χ1) is 14.0. The van der Waals surface area contributed by atoms with Crippen molar-refractivity contribution < 1.29 is 31.5 Å². The Morgan fingerprint density at radius 2 is 1.67 bits per heavy atom. The predicted octanol–water partition coefficient (Wildman–Crippen LogP) is 2.71. The van der Waals surface area contributed by atoms with Gasteiger partial charge in [0.25, 0.3) is 0 Å². The first-order valence-corrected chi connectivity index (χ1v) is 10.9. The van der Waals surface area contributed by atoms with Crippen molar-refractivity contribution in [3.8, 4) is 11.5 Å². The second kappa shape index (κ2) is 9.75. The quantitative estimate of drug-likeness (QED) is 0.646. The average molecular weight is 442 g/mol. The third-order valence-corrected chi connectivity index (χ3v) is 5.44. The maximum atomic E-state index is 13.6. The summed E-state index contributed by atoms with van der Waals surface area (Å²) < 4.78 is 62.6. The Labute approximate surface area is 174 Å². The number of rotatable bonds is 9. The molecule has 0 fully saturated rings. The van der Waals surface area contributed by atoms with Crippen molar-refractivity contribution in [1.29, 1.82) is 0 Å². The van der Waals surface area contributed by atoms with Crippen molar-refractivity contribution in [2.45, 2.75) is 25.9 Å². The number of carbonyl (C=O) groups excluding carboxylic acids is 1. The van der Waals surface area contributed by atoms with Crippen molar-refractivity contribution in [2.24, 2.45) is 0 Å². The molecule has 0 aliphatic rings. The van der Waals surface area contributed by atoms with Crippen LogP contribution in [0.4, 0.5) is 14.5 Å². The van der Waals surface area contributed by atoms with E-state index in [4.69, 9.17) is 9.47 Å². The van der Waals surface area contributed by atoms with Crippen molar-refractivity contribution in [1.82, 2.24) is 5.32 Å². The molecule has 0 heterocycles. The third kappa shape index (κ3) is 6.06. The van der Waals surface area contributed by atoms with Crippen LogP contribution in [0.15, 0.2) is 42.5 Å². The highest BCUT2D eigenvalue weighted by Crippen LogP contribution is 2.23. The fourth-order valence-electron chi connectivity index (χ4n) is 2.73. The van der Waals surface area contributed by atoms with E-state index in [1.807, 2.05) is 0 Å². The highest BCUT2D eigenvalue weighted by atomic mass is 32.2. The summed E-state index contributed by atoms with van der Waals surface area (Å²) in [6, 6.07) is 7.87. The van der Waals surface area contributed by atoms with E-state index >= 15 is 0 Å². The summed E-state index contributed by atoms with van der Waals surface area (Å²) >= 11 is 0. The topological polar surface area (TPSA) is 84.9 Å². The van der Waals surface area contributed by atoms with Gasteiger partial charge in [-0.3, -0.25) is 9.10 Å². The number of methoxy groups -OCH3 is 1. The van der Waals surface area contributed by atoms with Crippen molar-refractivity contribution in [2.75, 3.05) is 24.3 Å². The summed E-state index contributed by atoms with van der Waals surface area (Å²) in [6.45, 7) is 3.18. The zero-order valence-electron chi connectivity index (χ0n) is 17.1. The minimum Gasteiger partial charge on any atom is -0.497 e. The number of amides is 1. The molecule has 10 heteroatoms. The molecule has 0 spiro atoms. The van der Waals surface area contributed by atoms with E-state index in [1.165, 1.54) is 6.92 Å². The lowest BCUT2D eigenvalue weighted by Crippen LogP contribution is -2.50. The average Bonchev–Trinajstić information content (AvgIpc) is 2.68. The van der Waals surface area contributed by atoms with Crippen LogP contribution in [0.2, 0.25) is 0 Å². The molecule has 2 rings (SSSR count). The van der Waals surface area contributed by atoms with E-state index in [1.54, 1.807) is 38.3 Å². The lowest BCUT2D eigenvalue weighted by molar-refractivity contribution is -0.122. The first kappa shape index (κ1) is 23.4. The van der Waals surface area contributed by atoms with Crippen LogP contribution < -0.4 is 19.1 Å². The number of anilines is 1. The predicted molar refractivity (Wildman–Crippen MR) is 109 cm³/mol. The lowest BCUT2D eigenvalue weighted by atomic mass is 10.2. The van der Waals surface area contributed by atoms with Crippen LogP contribution in [0.1, 0.15) is 13.8 Å². The number of hydrogen-bond donors (Lipinski definition) is 1. The normalized spacial score (nSPS) is 13.3. The summed E-state index contributed by atoms with van der Waals surface area (Å²) in [7, 11) is -2.40. The van der Waals surface area contributed by atoms with Gasteiger partial charge in [-0.1, -0.05) is 0 Å². The van der Waals surface area contributed by atoms with Gasteiger partial charge < -0.3 is 14.8 Å². The Bertz CT molecular complexity index is 983. The number of benzene rings is 2. The lowest BCUT2D eigenvalue weighted by Gasteiger charge is -2.29. The van der Waals surface area contributed by atoms with E-state index < -0.39 is 39.6 Å². The van der Waals surface area contributed by atoms with Crippen LogP contribution in [-0.4, -0.2) is 46.4 Å². The number of nitrogens with one attached hydrogen (secondary N) is 1. The maximum absolute atomic E-state index is 13.6. The maximum Gasteiger partial charge on any atom is 0.243 e. The number of sulfonamides is 1. The molecule has 164 valence electrons. The summed E-state index contributed by atoms with van der Waals surface area (Å²) in [6.07, 6.45) is 0.883. The van der Waals surface area contributed by atoms with E-state index in [0.717, 1.165) is 28.8 Å². The second-order valence-corrected chi connectivity index (χ2v) is 8.59. The van der Waals surface area contributed by atoms with Crippen LogP contribution >= 0.6 is 0 Å². The van der Waals surface area contributed by atoms with Gasteiger partial charge >= 0.3 is 0 Å². The molecule has 30 heavy (non-hydrogen) atoms. The molecular formula is C20H24F2N2O5S. The molecule has 0 aliphatic carbocycles. The van der Waals surface area contributed by atoms with E-state index in [9.17, 15) is 22.0 Å². The molecule has 2 atom stereocenters. The smallest absolute Gasteiger partial charge is 0.243 e. The Hall–Kier alpha value is -2.88. The standard InChI is InChI=1S/C20H24F2N2O5S/c1-13(12-29-17-8-6-16(28-3)7-9-17)23-20(25)14(2)24(30(4,26)27)15-5-10-18(21)19(22)11-15/h5-11,13-14H,12H2,1-4H3,(H,23,25)/t13-,14-/m1/s1. The summed E-state index contributed by atoms with van der Waals surface area (Å²) in [5.74, 6) is -1.69. The molecule has 1 N–H and O–H groups in total. The molecule has 0 aromatic heterocycles. The molecule has 2 aromatic rings. The molecule has 0 bridgehead atoms. The van der Waals surface area contributed by atoms with Gasteiger partial charge in [-0.05, 0) is 50.2 Å². The Morgan fingerprint density at radius 3 is 2.20 bits per heavy atom. The fourth-order valence-corrected chi connectivity index (χ4v) is 3.90. The molecule has 0 saturated carbocycles. The van der Waals surface area contributed by atoms with Gasteiger partial charge in [0.1, 0.15) is 24.1 Å². The van der Waals surface area contributed by atoms with Crippen molar-refractivity contribution in [3.63, 3.8) is 0 Å². The first-order valence-electron chi connectivity index (χ1n) is 9.04. The highest BCUT2D eigenvalue weighted by Gasteiger charge is 2.30. The summed E-state index contributed by atoms with van der Waals surface area (Å²) in [5, 5.41) is 2.66. The van der Waals surface area contributed by atoms with Crippen molar-refractivity contribution >= 4 is 21.6 Å². The number of ether oxygens (including phenoxy) is 2.